The first-order chi connectivity index (χ1) is 46.8. The van der Waals surface area contributed by atoms with Crippen LogP contribution in [0.25, 0.3) is 0 Å². The second-order valence-electron chi connectivity index (χ2n) is 26.7. The monoisotopic (exact) mass is 1410 g/mol. The summed E-state index contributed by atoms with van der Waals surface area (Å²) in [4.78, 5) is 50.8. The molecule has 3 fully saturated rings. The molecule has 18 unspecified atom stereocenters. The summed E-state index contributed by atoms with van der Waals surface area (Å²) in [6, 6.07) is 0. The summed E-state index contributed by atoms with van der Waals surface area (Å²) < 4.78 is 64.7. The van der Waals surface area contributed by atoms with E-state index in [9.17, 15) is 74.9 Å². The number of phosphoric acid groups is 1. The van der Waals surface area contributed by atoms with Gasteiger partial charge >= 0.3 is 25.7 Å². The first kappa shape index (κ1) is 88.4. The number of carbonyl (C=O) groups excluding carboxylic acids is 3. The van der Waals surface area contributed by atoms with E-state index in [4.69, 9.17) is 42.2 Å². The minimum atomic E-state index is -5.71. The molecule has 1 aliphatic carbocycles. The largest absolute Gasteiger partial charge is 0.472 e. The molecule has 0 aromatic carbocycles. The summed E-state index contributed by atoms with van der Waals surface area (Å²) in [6.07, 6.45) is 15.7. The Morgan fingerprint density at radius 1 is 0.423 bits per heavy atom. The number of allylic oxidation sites excluding steroid dienone is 5. The molecule has 25 heteroatoms. The number of aliphatic hydroxyl groups is 10. The molecule has 3 rings (SSSR count). The minimum absolute atomic E-state index is 0.0231. The number of hydrogen-bond acceptors (Lipinski definition) is 23. The van der Waals surface area contributed by atoms with Crippen LogP contribution < -0.4 is 0 Å². The van der Waals surface area contributed by atoms with Gasteiger partial charge < -0.3 is 89.1 Å². The van der Waals surface area contributed by atoms with Crippen molar-refractivity contribution in [1.29, 1.82) is 0 Å². The molecule has 0 radical (unpaired) electrons. The Hall–Kier alpha value is -2.82. The Labute approximate surface area is 578 Å². The van der Waals surface area contributed by atoms with Gasteiger partial charge in [-0.05, 0) is 51.4 Å². The smallest absolute Gasteiger partial charge is 0.462 e. The Bertz CT molecular complexity index is 2150. The van der Waals surface area contributed by atoms with Gasteiger partial charge in [-0.15, -0.1) is 0 Å². The number of ether oxygens (including phenoxy) is 7. The van der Waals surface area contributed by atoms with E-state index in [0.29, 0.717) is 12.8 Å². The molecule has 3 aliphatic rings. The van der Waals surface area contributed by atoms with Crippen molar-refractivity contribution in [2.75, 3.05) is 26.4 Å². The van der Waals surface area contributed by atoms with Crippen LogP contribution in [0.5, 0.6) is 0 Å². The van der Waals surface area contributed by atoms with Gasteiger partial charge in [0.05, 0.1) is 13.2 Å². The van der Waals surface area contributed by atoms with Gasteiger partial charge in [0.15, 0.2) is 18.7 Å². The fourth-order valence-electron chi connectivity index (χ4n) is 12.1. The van der Waals surface area contributed by atoms with Crippen molar-refractivity contribution in [3.05, 3.63) is 36.5 Å². The van der Waals surface area contributed by atoms with Gasteiger partial charge in [-0.25, -0.2) is 9.36 Å². The lowest BCUT2D eigenvalue weighted by molar-refractivity contribution is -0.360. The molecule has 2 aliphatic heterocycles. The first-order valence-corrected chi connectivity index (χ1v) is 38.8. The highest BCUT2D eigenvalue weighted by Gasteiger charge is 2.58. The highest BCUT2D eigenvalue weighted by molar-refractivity contribution is 7.47. The van der Waals surface area contributed by atoms with Crippen LogP contribution in [0.3, 0.4) is 0 Å². The predicted octanol–water partition coefficient (Wildman–Crippen LogP) is 9.90. The predicted molar refractivity (Wildman–Crippen MR) is 365 cm³/mol. The SMILES string of the molecule is CCCCCCCCC/C=C\CCCCCC(=O)OCC(COP(=O)(O)OC1C(OC2OC(CO)C(O)C(O)C2O)C(O)C(O)C(O)C1OC1OC(COC(=O)/C=C/C=C/CCCCCCCCCCCCC)C(O)C(O)C1O)OC(=O)CCCCCCCCCCCCCCC. The molecule has 18 atom stereocenters. The summed E-state index contributed by atoms with van der Waals surface area (Å²) in [6.45, 7) is 3.33. The van der Waals surface area contributed by atoms with Gasteiger partial charge in [-0.2, -0.15) is 0 Å². The van der Waals surface area contributed by atoms with Crippen LogP contribution in [-0.2, 0) is 61.2 Å². The maximum atomic E-state index is 14.3. The van der Waals surface area contributed by atoms with Crippen molar-refractivity contribution in [2.24, 2.45) is 0 Å². The van der Waals surface area contributed by atoms with E-state index in [2.05, 4.69) is 32.9 Å². The molecule has 1 saturated carbocycles. The van der Waals surface area contributed by atoms with Crippen LogP contribution in [0.2, 0.25) is 0 Å². The van der Waals surface area contributed by atoms with Crippen molar-refractivity contribution in [2.45, 2.75) is 375 Å². The number of hydrogen-bond donors (Lipinski definition) is 11. The quantitative estimate of drug-likeness (QED) is 0.00513. The molecule has 97 heavy (non-hydrogen) atoms. The zero-order valence-electron chi connectivity index (χ0n) is 58.9. The highest BCUT2D eigenvalue weighted by atomic mass is 31.2. The number of phosphoric ester groups is 1. The number of unbranched alkanes of at least 4 members (excludes halogenated alkanes) is 33. The van der Waals surface area contributed by atoms with E-state index in [1.807, 2.05) is 6.08 Å². The van der Waals surface area contributed by atoms with E-state index in [0.717, 1.165) is 96.0 Å². The van der Waals surface area contributed by atoms with Crippen molar-refractivity contribution < 1.29 is 117 Å². The topological polar surface area (TPSA) is 374 Å². The zero-order valence-corrected chi connectivity index (χ0v) is 59.8. The van der Waals surface area contributed by atoms with Gasteiger partial charge in [0.25, 0.3) is 0 Å². The molecule has 0 aromatic heterocycles. The fraction of sp³-hybridized carbons (Fsp3) is 0.875. The number of esters is 3. The standard InChI is InChI=1S/C72H129O24P/c1-4-7-10-13-16-19-22-25-27-30-32-35-38-41-44-47-57(75)89-52-55-60(78)62(80)67(85)72(93-55)95-69-65(83)63(81)64(82)68(94-71-66(84)61(79)59(77)54(49-73)92-71)70(69)96-97(86,87)90-51-53(91-58(76)48-45-42-39-36-33-28-24-21-18-15-12-9-6-3)50-88-56(74)46-43-40-37-34-31-29-26-23-20-17-14-11-8-5-2/h29,31,38,41,44,47,53-55,59-73,77-85H,4-28,30,32-37,39-40,42-43,45-46,48-52H2,1-3H3,(H,86,87)/b31-29-,41-38+,47-44+. The average molecular weight is 1410 g/mol. The van der Waals surface area contributed by atoms with Crippen LogP contribution in [0.1, 0.15) is 271 Å². The fourth-order valence-corrected chi connectivity index (χ4v) is 13.1. The van der Waals surface area contributed by atoms with Crippen LogP contribution in [0, 0.1) is 0 Å². The molecule has 0 aromatic rings. The first-order valence-electron chi connectivity index (χ1n) is 37.3. The minimum Gasteiger partial charge on any atom is -0.462 e. The summed E-state index contributed by atoms with van der Waals surface area (Å²) in [5.41, 5.74) is 0. The molecule has 24 nitrogen and oxygen atoms in total. The molecule has 566 valence electrons. The van der Waals surface area contributed by atoms with Gasteiger partial charge in [0.2, 0.25) is 0 Å². The molecule has 0 bridgehead atoms. The van der Waals surface area contributed by atoms with E-state index >= 15 is 0 Å². The summed E-state index contributed by atoms with van der Waals surface area (Å²) in [5.74, 6) is -2.24. The Balaban J connectivity index is 1.76. The third-order valence-corrected chi connectivity index (χ3v) is 19.2. The Morgan fingerprint density at radius 2 is 0.804 bits per heavy atom. The molecule has 2 heterocycles. The molecule has 0 spiro atoms. The summed E-state index contributed by atoms with van der Waals surface area (Å²) in [5, 5.41) is 110. The van der Waals surface area contributed by atoms with Crippen LogP contribution in [0.4, 0.5) is 0 Å². The Kier molecular flexibility index (Phi) is 49.1. The normalized spacial score (nSPS) is 28.0. The average Bonchev–Trinajstić information content (AvgIpc) is 0.763. The molecular formula is C72H129O24P. The van der Waals surface area contributed by atoms with Crippen LogP contribution >= 0.6 is 7.82 Å². The van der Waals surface area contributed by atoms with Gasteiger partial charge in [0.1, 0.15) is 98.7 Å². The van der Waals surface area contributed by atoms with Crippen molar-refractivity contribution in [1.82, 2.24) is 0 Å². The summed E-state index contributed by atoms with van der Waals surface area (Å²) >= 11 is 0. The van der Waals surface area contributed by atoms with E-state index < -0.39 is 156 Å². The molecular weight excluding hydrogens is 1280 g/mol. The molecule has 0 amide bonds. The van der Waals surface area contributed by atoms with Crippen molar-refractivity contribution in [3.63, 3.8) is 0 Å². The maximum absolute atomic E-state index is 14.3. The van der Waals surface area contributed by atoms with Gasteiger partial charge in [0, 0.05) is 18.9 Å². The number of aliphatic hydroxyl groups excluding tert-OH is 10. The third-order valence-electron chi connectivity index (χ3n) is 18.2. The molecule has 11 N–H and O–H groups in total. The molecule has 2 saturated heterocycles. The van der Waals surface area contributed by atoms with Crippen molar-refractivity contribution >= 4 is 25.7 Å². The van der Waals surface area contributed by atoms with Crippen LogP contribution in [-0.4, -0.2) is 204 Å². The lowest BCUT2D eigenvalue weighted by atomic mass is 9.84. The zero-order chi connectivity index (χ0) is 71.1. The maximum Gasteiger partial charge on any atom is 0.472 e. The Morgan fingerprint density at radius 3 is 1.26 bits per heavy atom. The van der Waals surface area contributed by atoms with Crippen molar-refractivity contribution in [3.8, 4) is 0 Å². The van der Waals surface area contributed by atoms with E-state index in [1.54, 1.807) is 6.08 Å². The lowest BCUT2D eigenvalue weighted by Gasteiger charge is -2.49. The highest BCUT2D eigenvalue weighted by Crippen LogP contribution is 2.49. The van der Waals surface area contributed by atoms with Gasteiger partial charge in [-0.1, -0.05) is 237 Å². The number of rotatable bonds is 57. The second kappa shape index (κ2) is 53.9. The van der Waals surface area contributed by atoms with Gasteiger partial charge in [-0.3, -0.25) is 18.6 Å². The second-order valence-corrected chi connectivity index (χ2v) is 28.1. The summed E-state index contributed by atoms with van der Waals surface area (Å²) in [7, 11) is -5.71. The van der Waals surface area contributed by atoms with E-state index in [1.165, 1.54) is 141 Å². The third kappa shape index (κ3) is 37.3. The van der Waals surface area contributed by atoms with E-state index in [-0.39, 0.29) is 12.8 Å². The number of carbonyl (C=O) groups is 3. The lowest BCUT2D eigenvalue weighted by Crippen LogP contribution is -2.69. The van der Waals surface area contributed by atoms with Crippen LogP contribution in [0.15, 0.2) is 36.5 Å².